The van der Waals surface area contributed by atoms with E-state index in [2.05, 4.69) is 59.0 Å². The Balaban J connectivity index is 1.76. The Morgan fingerprint density at radius 3 is 2.52 bits per heavy atom. The van der Waals surface area contributed by atoms with Gasteiger partial charge >= 0.3 is 0 Å². The highest BCUT2D eigenvalue weighted by Crippen LogP contribution is 2.27. The molecule has 1 saturated heterocycles. The summed E-state index contributed by atoms with van der Waals surface area (Å²) in [5, 5.41) is 0. The predicted octanol–water partition coefficient (Wildman–Crippen LogP) is 3.19. The van der Waals surface area contributed by atoms with Crippen molar-refractivity contribution in [2.75, 3.05) is 24.5 Å². The van der Waals surface area contributed by atoms with Gasteiger partial charge in [0.1, 0.15) is 5.82 Å². The first-order valence-electron chi connectivity index (χ1n) is 8.30. The summed E-state index contributed by atoms with van der Waals surface area (Å²) in [5.74, 6) is 1.04. The van der Waals surface area contributed by atoms with Crippen molar-refractivity contribution in [2.45, 2.75) is 39.8 Å². The quantitative estimate of drug-likeness (QED) is 0.871. The highest BCUT2D eigenvalue weighted by molar-refractivity contribution is 5.44. The summed E-state index contributed by atoms with van der Waals surface area (Å²) in [6.07, 6.45) is 1.84. The Bertz CT molecular complexity index is 666. The van der Waals surface area contributed by atoms with E-state index in [1.165, 1.54) is 5.56 Å². The van der Waals surface area contributed by atoms with E-state index in [1.807, 2.05) is 20.0 Å². The van der Waals surface area contributed by atoms with E-state index in [9.17, 15) is 0 Å². The Kier molecular flexibility index (Phi) is 4.35. The van der Waals surface area contributed by atoms with Crippen LogP contribution in [0.25, 0.3) is 0 Å². The molecule has 0 unspecified atom stereocenters. The zero-order valence-electron chi connectivity index (χ0n) is 14.6. The molecule has 1 fully saturated rings. The number of hydrogen-bond donors (Lipinski definition) is 0. The Morgan fingerprint density at radius 1 is 1.09 bits per heavy atom. The molecule has 3 rings (SSSR count). The van der Waals surface area contributed by atoms with Crippen LogP contribution in [0.5, 0.6) is 0 Å². The summed E-state index contributed by atoms with van der Waals surface area (Å²) in [4.78, 5) is 14.1. The average molecular weight is 310 g/mol. The Morgan fingerprint density at radius 2 is 1.83 bits per heavy atom. The Hall–Kier alpha value is -1.94. The van der Waals surface area contributed by atoms with Crippen LogP contribution in [0.2, 0.25) is 0 Å². The van der Waals surface area contributed by atoms with Gasteiger partial charge in [-0.3, -0.25) is 9.88 Å². The number of rotatable bonds is 3. The fourth-order valence-electron chi connectivity index (χ4n) is 3.29. The van der Waals surface area contributed by atoms with Gasteiger partial charge in [-0.2, -0.15) is 0 Å². The second-order valence-corrected chi connectivity index (χ2v) is 7.06. The minimum Gasteiger partial charge on any atom is -0.352 e. The molecule has 0 bridgehead atoms. The van der Waals surface area contributed by atoms with E-state index >= 15 is 0 Å². The molecule has 4 nitrogen and oxygen atoms in total. The molecule has 2 aromatic rings. The summed E-state index contributed by atoms with van der Waals surface area (Å²) in [6.45, 7) is 12.7. The van der Waals surface area contributed by atoms with E-state index in [-0.39, 0.29) is 5.54 Å². The van der Waals surface area contributed by atoms with Crippen molar-refractivity contribution in [3.63, 3.8) is 0 Å². The lowest BCUT2D eigenvalue weighted by Gasteiger charge is -2.47. The van der Waals surface area contributed by atoms with Gasteiger partial charge in [-0.25, -0.2) is 4.98 Å². The molecular weight excluding hydrogens is 284 g/mol. The smallest absolute Gasteiger partial charge is 0.150 e. The van der Waals surface area contributed by atoms with Gasteiger partial charge in [0.15, 0.2) is 0 Å². The first-order chi connectivity index (χ1) is 11.0. The van der Waals surface area contributed by atoms with Gasteiger partial charge in [0, 0.05) is 37.9 Å². The molecule has 23 heavy (non-hydrogen) atoms. The predicted molar refractivity (Wildman–Crippen MR) is 94.7 cm³/mol. The zero-order chi connectivity index (χ0) is 16.4. The number of piperazine rings is 1. The molecule has 0 saturated carbocycles. The SMILES string of the molecule is Cc1cnc(C)c(N2CCN(Cc3ccccc3)C(C)(C)C2)n1. The van der Waals surface area contributed by atoms with Crippen LogP contribution in [0, 0.1) is 13.8 Å². The molecule has 0 radical (unpaired) electrons. The normalized spacial score (nSPS) is 18.2. The van der Waals surface area contributed by atoms with Crippen molar-refractivity contribution < 1.29 is 0 Å². The van der Waals surface area contributed by atoms with Gasteiger partial charge in [-0.1, -0.05) is 30.3 Å². The third-order valence-electron chi connectivity index (χ3n) is 4.64. The van der Waals surface area contributed by atoms with Crippen molar-refractivity contribution in [1.82, 2.24) is 14.9 Å². The minimum absolute atomic E-state index is 0.103. The minimum atomic E-state index is 0.103. The molecule has 2 heterocycles. The molecule has 122 valence electrons. The van der Waals surface area contributed by atoms with Crippen LogP contribution >= 0.6 is 0 Å². The van der Waals surface area contributed by atoms with Gasteiger partial charge in [0.25, 0.3) is 0 Å². The maximum absolute atomic E-state index is 4.72. The lowest BCUT2D eigenvalue weighted by atomic mass is 9.97. The summed E-state index contributed by atoms with van der Waals surface area (Å²) in [6, 6.07) is 10.7. The molecule has 0 N–H and O–H groups in total. The number of aryl methyl sites for hydroxylation is 2. The zero-order valence-corrected chi connectivity index (χ0v) is 14.6. The van der Waals surface area contributed by atoms with Gasteiger partial charge in [-0.05, 0) is 33.3 Å². The van der Waals surface area contributed by atoms with Crippen LogP contribution in [0.1, 0.15) is 30.8 Å². The first kappa shape index (κ1) is 15.9. The standard InChI is InChI=1S/C19H26N4/c1-15-12-20-16(2)18(21-15)22-10-11-23(19(3,4)14-22)13-17-8-6-5-7-9-17/h5-9,12H,10-11,13-14H2,1-4H3. The van der Waals surface area contributed by atoms with Crippen molar-refractivity contribution in [3.05, 3.63) is 53.5 Å². The molecule has 0 atom stereocenters. The van der Waals surface area contributed by atoms with Crippen LogP contribution in [0.15, 0.2) is 36.5 Å². The fraction of sp³-hybridized carbons (Fsp3) is 0.474. The number of aromatic nitrogens is 2. The number of anilines is 1. The lowest BCUT2D eigenvalue weighted by molar-refractivity contribution is 0.0958. The molecule has 1 aliphatic rings. The van der Waals surface area contributed by atoms with Crippen LogP contribution in [0.3, 0.4) is 0 Å². The largest absolute Gasteiger partial charge is 0.352 e. The average Bonchev–Trinajstić information content (AvgIpc) is 2.52. The van der Waals surface area contributed by atoms with Crippen LogP contribution < -0.4 is 4.90 Å². The van der Waals surface area contributed by atoms with Gasteiger partial charge < -0.3 is 4.90 Å². The maximum Gasteiger partial charge on any atom is 0.150 e. The second-order valence-electron chi connectivity index (χ2n) is 7.06. The van der Waals surface area contributed by atoms with E-state index in [4.69, 9.17) is 4.98 Å². The molecule has 1 aromatic heterocycles. The number of hydrogen-bond acceptors (Lipinski definition) is 4. The monoisotopic (exact) mass is 310 g/mol. The van der Waals surface area contributed by atoms with Crippen LogP contribution in [0.4, 0.5) is 5.82 Å². The topological polar surface area (TPSA) is 32.3 Å². The van der Waals surface area contributed by atoms with Crippen molar-refractivity contribution in [1.29, 1.82) is 0 Å². The summed E-state index contributed by atoms with van der Waals surface area (Å²) < 4.78 is 0. The highest BCUT2D eigenvalue weighted by atomic mass is 15.3. The van der Waals surface area contributed by atoms with Crippen LogP contribution in [-0.4, -0.2) is 40.0 Å². The third kappa shape index (κ3) is 3.53. The molecule has 0 amide bonds. The number of nitrogens with zero attached hydrogens (tertiary/aromatic N) is 4. The molecule has 0 aliphatic carbocycles. The van der Waals surface area contributed by atoms with Gasteiger partial charge in [0.05, 0.1) is 11.4 Å². The molecule has 4 heteroatoms. The van der Waals surface area contributed by atoms with Crippen molar-refractivity contribution in [3.8, 4) is 0 Å². The molecule has 0 spiro atoms. The summed E-state index contributed by atoms with van der Waals surface area (Å²) in [7, 11) is 0. The van der Waals surface area contributed by atoms with Crippen molar-refractivity contribution >= 4 is 5.82 Å². The Labute approximate surface area is 139 Å². The van der Waals surface area contributed by atoms with E-state index in [0.29, 0.717) is 0 Å². The summed E-state index contributed by atoms with van der Waals surface area (Å²) in [5.41, 5.74) is 3.48. The molecule has 1 aromatic carbocycles. The second kappa shape index (κ2) is 6.28. The van der Waals surface area contributed by atoms with E-state index < -0.39 is 0 Å². The van der Waals surface area contributed by atoms with E-state index in [0.717, 1.165) is 43.4 Å². The number of benzene rings is 1. The van der Waals surface area contributed by atoms with E-state index in [1.54, 1.807) is 0 Å². The lowest BCUT2D eigenvalue weighted by Crippen LogP contribution is -2.59. The molecular formula is C19H26N4. The summed E-state index contributed by atoms with van der Waals surface area (Å²) >= 11 is 0. The van der Waals surface area contributed by atoms with Gasteiger partial charge in [-0.15, -0.1) is 0 Å². The maximum atomic E-state index is 4.72. The molecule has 1 aliphatic heterocycles. The first-order valence-corrected chi connectivity index (χ1v) is 8.30. The van der Waals surface area contributed by atoms with Gasteiger partial charge in [0.2, 0.25) is 0 Å². The highest BCUT2D eigenvalue weighted by Gasteiger charge is 2.34. The van der Waals surface area contributed by atoms with Crippen LogP contribution in [-0.2, 0) is 6.54 Å². The third-order valence-corrected chi connectivity index (χ3v) is 4.64. The fourth-order valence-corrected chi connectivity index (χ4v) is 3.29. The van der Waals surface area contributed by atoms with Crippen molar-refractivity contribution in [2.24, 2.45) is 0 Å².